The van der Waals surface area contributed by atoms with Crippen LogP contribution in [0.5, 0.6) is 0 Å². The third-order valence-corrected chi connectivity index (χ3v) is 6.33. The van der Waals surface area contributed by atoms with Gasteiger partial charge in [0, 0.05) is 23.5 Å². The minimum atomic E-state index is -1.30. The van der Waals surface area contributed by atoms with E-state index in [1.165, 1.54) is 66.7 Å². The molecule has 2 aromatic carbocycles. The van der Waals surface area contributed by atoms with Crippen LogP contribution < -0.4 is 10.2 Å². The highest BCUT2D eigenvalue weighted by Crippen LogP contribution is 2.32. The molecule has 8 heteroatoms. The van der Waals surface area contributed by atoms with Gasteiger partial charge in [-0.2, -0.15) is 0 Å². The van der Waals surface area contributed by atoms with E-state index in [1.807, 2.05) is 0 Å². The molecule has 1 atom stereocenters. The Balaban J connectivity index is 1.82. The first-order valence-electron chi connectivity index (χ1n) is 12.0. The molecule has 1 aromatic heterocycles. The Kier molecular flexibility index (Phi) is 8.05. The molecule has 1 saturated carbocycles. The maximum absolute atomic E-state index is 15.1. The van der Waals surface area contributed by atoms with Crippen LogP contribution in [0.25, 0.3) is 0 Å². The second-order valence-electron chi connectivity index (χ2n) is 8.70. The van der Waals surface area contributed by atoms with Crippen LogP contribution >= 0.6 is 0 Å². The molecular formula is C28H28FN3O4. The Bertz CT molecular complexity index is 1210. The van der Waals surface area contributed by atoms with Crippen LogP contribution in [0.3, 0.4) is 0 Å². The molecule has 1 fully saturated rings. The molecule has 0 bridgehead atoms. The number of carbonyl (C=O) groups excluding carboxylic acids is 3. The molecule has 2 amide bonds. The van der Waals surface area contributed by atoms with E-state index >= 15 is 4.39 Å². The number of hydrogen-bond acceptors (Lipinski definition) is 5. The van der Waals surface area contributed by atoms with Crippen LogP contribution in [0.2, 0.25) is 0 Å². The zero-order valence-electron chi connectivity index (χ0n) is 20.0. The molecule has 1 heterocycles. The van der Waals surface area contributed by atoms with Crippen LogP contribution in [0, 0.1) is 5.82 Å². The summed E-state index contributed by atoms with van der Waals surface area (Å²) in [5.74, 6) is -2.20. The van der Waals surface area contributed by atoms with Gasteiger partial charge in [-0.15, -0.1) is 0 Å². The van der Waals surface area contributed by atoms with E-state index < -0.39 is 29.6 Å². The van der Waals surface area contributed by atoms with Crippen LogP contribution in [0.15, 0.2) is 72.9 Å². The molecule has 0 saturated heterocycles. The van der Waals surface area contributed by atoms with Gasteiger partial charge in [0.05, 0.1) is 12.7 Å². The standard InChI is InChI=1S/C28H28FN3O4/c1-36-28(35)19-14-16-21(17-15-19)32(27(34)24-13-7-8-18-30-24)25(22-11-5-6-12-23(22)29)26(33)31-20-9-3-2-4-10-20/h5-8,11-18,20,25H,2-4,9-10H2,1H3,(H,31,33)/t25-/m1/s1. The topological polar surface area (TPSA) is 88.6 Å². The van der Waals surface area contributed by atoms with Gasteiger partial charge in [-0.3, -0.25) is 19.5 Å². The molecule has 0 radical (unpaired) electrons. The molecule has 0 spiro atoms. The number of nitrogens with zero attached hydrogens (tertiary/aromatic N) is 2. The lowest BCUT2D eigenvalue weighted by Crippen LogP contribution is -2.47. The molecule has 4 rings (SSSR count). The van der Waals surface area contributed by atoms with Gasteiger partial charge in [0.1, 0.15) is 17.6 Å². The van der Waals surface area contributed by atoms with E-state index in [-0.39, 0.29) is 22.9 Å². The summed E-state index contributed by atoms with van der Waals surface area (Å²) in [6.07, 6.45) is 6.25. The molecule has 0 aliphatic heterocycles. The number of hydrogen-bond donors (Lipinski definition) is 1. The molecule has 1 aliphatic rings. The predicted octanol–water partition coefficient (Wildman–Crippen LogP) is 4.84. The first-order valence-corrected chi connectivity index (χ1v) is 12.0. The second-order valence-corrected chi connectivity index (χ2v) is 8.70. The van der Waals surface area contributed by atoms with Crippen LogP contribution in [0.4, 0.5) is 10.1 Å². The SMILES string of the molecule is COC(=O)c1ccc(N(C(=O)c2ccccn2)[C@@H](C(=O)NC2CCCCC2)c2ccccc2F)cc1. The van der Waals surface area contributed by atoms with Gasteiger partial charge < -0.3 is 10.1 Å². The summed E-state index contributed by atoms with van der Waals surface area (Å²) in [6, 6.07) is 15.5. The van der Waals surface area contributed by atoms with Gasteiger partial charge in [-0.05, 0) is 55.3 Å². The summed E-state index contributed by atoms with van der Waals surface area (Å²) >= 11 is 0. The number of nitrogens with one attached hydrogen (secondary N) is 1. The second kappa shape index (κ2) is 11.6. The summed E-state index contributed by atoms with van der Waals surface area (Å²) in [5.41, 5.74) is 0.749. The number of pyridine rings is 1. The van der Waals surface area contributed by atoms with Crippen LogP contribution in [-0.2, 0) is 9.53 Å². The molecule has 7 nitrogen and oxygen atoms in total. The van der Waals surface area contributed by atoms with Crippen molar-refractivity contribution in [2.45, 2.75) is 44.2 Å². The number of aromatic nitrogens is 1. The van der Waals surface area contributed by atoms with Gasteiger partial charge in [-0.1, -0.05) is 43.5 Å². The number of carbonyl (C=O) groups is 3. The fourth-order valence-corrected chi connectivity index (χ4v) is 4.49. The van der Waals surface area contributed by atoms with E-state index in [0.717, 1.165) is 32.1 Å². The quantitative estimate of drug-likeness (QED) is 0.480. The largest absolute Gasteiger partial charge is 0.465 e. The number of rotatable bonds is 7. The first-order chi connectivity index (χ1) is 17.5. The van der Waals surface area contributed by atoms with E-state index in [1.54, 1.807) is 18.2 Å². The summed E-state index contributed by atoms with van der Waals surface area (Å²) < 4.78 is 19.9. The summed E-state index contributed by atoms with van der Waals surface area (Å²) in [6.45, 7) is 0. The third-order valence-electron chi connectivity index (χ3n) is 6.33. The number of ether oxygens (including phenoxy) is 1. The molecule has 1 N–H and O–H groups in total. The van der Waals surface area contributed by atoms with E-state index in [2.05, 4.69) is 10.3 Å². The van der Waals surface area contributed by atoms with Crippen molar-refractivity contribution >= 4 is 23.5 Å². The Hall–Kier alpha value is -4.07. The number of amides is 2. The monoisotopic (exact) mass is 489 g/mol. The summed E-state index contributed by atoms with van der Waals surface area (Å²) in [5, 5.41) is 3.05. The summed E-state index contributed by atoms with van der Waals surface area (Å²) in [7, 11) is 1.27. The fourth-order valence-electron chi connectivity index (χ4n) is 4.49. The fraction of sp³-hybridized carbons (Fsp3) is 0.286. The van der Waals surface area contributed by atoms with Crippen molar-refractivity contribution in [2.24, 2.45) is 0 Å². The zero-order chi connectivity index (χ0) is 25.5. The van der Waals surface area contributed by atoms with E-state index in [9.17, 15) is 14.4 Å². The number of esters is 1. The van der Waals surface area contributed by atoms with Gasteiger partial charge in [0.2, 0.25) is 5.91 Å². The maximum Gasteiger partial charge on any atom is 0.337 e. The summed E-state index contributed by atoms with van der Waals surface area (Å²) in [4.78, 5) is 44.9. The van der Waals surface area contributed by atoms with Crippen molar-refractivity contribution in [2.75, 3.05) is 12.0 Å². The van der Waals surface area contributed by atoms with Crippen molar-refractivity contribution in [3.8, 4) is 0 Å². The molecule has 1 aliphatic carbocycles. The van der Waals surface area contributed by atoms with Gasteiger partial charge in [0.15, 0.2) is 0 Å². The third kappa shape index (κ3) is 5.59. The van der Waals surface area contributed by atoms with Crippen LogP contribution in [-0.4, -0.2) is 35.9 Å². The highest BCUT2D eigenvalue weighted by atomic mass is 19.1. The Morgan fingerprint density at radius 2 is 1.67 bits per heavy atom. The number of anilines is 1. The highest BCUT2D eigenvalue weighted by molar-refractivity contribution is 6.09. The Morgan fingerprint density at radius 1 is 0.972 bits per heavy atom. The van der Waals surface area contributed by atoms with E-state index in [0.29, 0.717) is 5.69 Å². The van der Waals surface area contributed by atoms with Crippen molar-refractivity contribution in [3.05, 3.63) is 95.6 Å². The van der Waals surface area contributed by atoms with Gasteiger partial charge >= 0.3 is 5.97 Å². The molecule has 0 unspecified atom stereocenters. The van der Waals surface area contributed by atoms with E-state index in [4.69, 9.17) is 4.74 Å². The average Bonchev–Trinajstić information content (AvgIpc) is 2.92. The Morgan fingerprint density at radius 3 is 2.31 bits per heavy atom. The normalized spacial score (nSPS) is 14.5. The minimum Gasteiger partial charge on any atom is -0.465 e. The van der Waals surface area contributed by atoms with Crippen molar-refractivity contribution < 1.29 is 23.5 Å². The number of benzene rings is 2. The Labute approximate surface area is 209 Å². The highest BCUT2D eigenvalue weighted by Gasteiger charge is 2.36. The number of halogens is 1. The minimum absolute atomic E-state index is 0.0472. The van der Waals surface area contributed by atoms with Crippen molar-refractivity contribution in [1.82, 2.24) is 10.3 Å². The van der Waals surface area contributed by atoms with Crippen molar-refractivity contribution in [1.29, 1.82) is 0 Å². The average molecular weight is 490 g/mol. The maximum atomic E-state index is 15.1. The molecular weight excluding hydrogens is 461 g/mol. The first kappa shape index (κ1) is 25.0. The molecule has 186 valence electrons. The van der Waals surface area contributed by atoms with Gasteiger partial charge in [-0.25, -0.2) is 9.18 Å². The smallest absolute Gasteiger partial charge is 0.337 e. The lowest BCUT2D eigenvalue weighted by Gasteiger charge is -2.33. The molecule has 36 heavy (non-hydrogen) atoms. The predicted molar refractivity (Wildman–Crippen MR) is 133 cm³/mol. The molecule has 3 aromatic rings. The van der Waals surface area contributed by atoms with Crippen LogP contribution in [0.1, 0.15) is 64.6 Å². The lowest BCUT2D eigenvalue weighted by atomic mass is 9.94. The zero-order valence-corrected chi connectivity index (χ0v) is 20.0. The number of methoxy groups -OCH3 is 1. The van der Waals surface area contributed by atoms with Crippen molar-refractivity contribution in [3.63, 3.8) is 0 Å². The lowest BCUT2D eigenvalue weighted by molar-refractivity contribution is -0.123. The van der Waals surface area contributed by atoms with Gasteiger partial charge in [0.25, 0.3) is 5.91 Å².